The molecule has 3 rings (SSSR count). The van der Waals surface area contributed by atoms with Crippen LogP contribution in [0.5, 0.6) is 11.5 Å². The molecule has 0 aliphatic carbocycles. The molecule has 1 amide bonds. The van der Waals surface area contributed by atoms with Crippen molar-refractivity contribution in [3.8, 4) is 11.5 Å². The van der Waals surface area contributed by atoms with Gasteiger partial charge in [0.05, 0.1) is 43.4 Å². The Morgan fingerprint density at radius 2 is 1.77 bits per heavy atom. The van der Waals surface area contributed by atoms with Gasteiger partial charge in [-0.2, -0.15) is 13.2 Å². The molecule has 9 heteroatoms. The maximum Gasteiger partial charge on any atom is 0.416 e. The van der Waals surface area contributed by atoms with E-state index in [0.29, 0.717) is 22.9 Å². The second-order valence-electron chi connectivity index (χ2n) is 6.89. The van der Waals surface area contributed by atoms with Crippen molar-refractivity contribution in [1.29, 1.82) is 0 Å². The Morgan fingerprint density at radius 3 is 2.40 bits per heavy atom. The Bertz CT molecular complexity index is 897. The minimum Gasteiger partial charge on any atom is -0.497 e. The average Bonchev–Trinajstić information content (AvgIpc) is 3.26. The van der Waals surface area contributed by atoms with Crippen LogP contribution < -0.4 is 25.0 Å². The molecule has 0 radical (unpaired) electrons. The van der Waals surface area contributed by atoms with E-state index in [2.05, 4.69) is 10.6 Å². The Hall–Kier alpha value is -3.10. The molecule has 1 saturated heterocycles. The quantitative estimate of drug-likeness (QED) is 0.692. The Kier molecular flexibility index (Phi) is 6.59. The van der Waals surface area contributed by atoms with Gasteiger partial charge in [0.15, 0.2) is 0 Å². The molecule has 2 aromatic carbocycles. The molecule has 1 aliphatic rings. The number of rotatable bonds is 7. The third kappa shape index (κ3) is 5.08. The first-order valence-electron chi connectivity index (χ1n) is 9.54. The van der Waals surface area contributed by atoms with Gasteiger partial charge in [-0.15, -0.1) is 0 Å². The molecule has 0 aromatic heterocycles. The number of benzene rings is 2. The second-order valence-corrected chi connectivity index (χ2v) is 6.89. The summed E-state index contributed by atoms with van der Waals surface area (Å²) in [5.74, 6) is 0.556. The molecule has 2 N–H and O–H groups in total. The first kappa shape index (κ1) is 21.6. The van der Waals surface area contributed by atoms with Crippen LogP contribution in [0.4, 0.5) is 30.2 Å². The van der Waals surface area contributed by atoms with Crippen LogP contribution in [0.2, 0.25) is 0 Å². The van der Waals surface area contributed by atoms with Gasteiger partial charge in [0, 0.05) is 19.2 Å². The van der Waals surface area contributed by atoms with E-state index < -0.39 is 17.6 Å². The summed E-state index contributed by atoms with van der Waals surface area (Å²) in [6.07, 6.45) is -2.50. The van der Waals surface area contributed by atoms with Crippen molar-refractivity contribution in [2.45, 2.75) is 19.0 Å². The normalized spacial score (nSPS) is 13.8. The van der Waals surface area contributed by atoms with Crippen LogP contribution in [0.1, 0.15) is 18.4 Å². The smallest absolute Gasteiger partial charge is 0.416 e. The molecule has 0 unspecified atom stereocenters. The van der Waals surface area contributed by atoms with Crippen molar-refractivity contribution in [2.24, 2.45) is 0 Å². The van der Waals surface area contributed by atoms with E-state index in [1.165, 1.54) is 20.3 Å². The number of hydrogen-bond acceptors (Lipinski definition) is 5. The van der Waals surface area contributed by atoms with E-state index >= 15 is 0 Å². The average molecular weight is 423 g/mol. The van der Waals surface area contributed by atoms with E-state index in [-0.39, 0.29) is 12.2 Å². The molecule has 1 fully saturated rings. The minimum absolute atomic E-state index is 0.206. The topological polar surface area (TPSA) is 62.8 Å². The third-order valence-electron chi connectivity index (χ3n) is 4.89. The summed E-state index contributed by atoms with van der Waals surface area (Å²) < 4.78 is 49.9. The third-order valence-corrected chi connectivity index (χ3v) is 4.89. The van der Waals surface area contributed by atoms with Crippen LogP contribution in [0, 0.1) is 0 Å². The summed E-state index contributed by atoms with van der Waals surface area (Å²) in [6.45, 7) is 1.34. The lowest BCUT2D eigenvalue weighted by molar-refractivity contribution is -0.137. The molecule has 30 heavy (non-hydrogen) atoms. The Labute approximate surface area is 173 Å². The van der Waals surface area contributed by atoms with Gasteiger partial charge < -0.3 is 25.0 Å². The Morgan fingerprint density at radius 1 is 1.03 bits per heavy atom. The minimum atomic E-state index is -4.46. The van der Waals surface area contributed by atoms with Crippen LogP contribution in [0.25, 0.3) is 0 Å². The fourth-order valence-electron chi connectivity index (χ4n) is 3.37. The zero-order valence-electron chi connectivity index (χ0n) is 16.8. The monoisotopic (exact) mass is 423 g/mol. The number of anilines is 3. The number of methoxy groups -OCH3 is 2. The maximum atomic E-state index is 13.2. The lowest BCUT2D eigenvalue weighted by Crippen LogP contribution is -2.25. The zero-order valence-corrected chi connectivity index (χ0v) is 16.8. The molecule has 0 atom stereocenters. The van der Waals surface area contributed by atoms with E-state index in [4.69, 9.17) is 9.47 Å². The summed E-state index contributed by atoms with van der Waals surface area (Å²) in [5, 5.41) is 5.56. The number of halogens is 3. The molecular weight excluding hydrogens is 399 g/mol. The van der Waals surface area contributed by atoms with Gasteiger partial charge >= 0.3 is 6.18 Å². The number of amides is 1. The largest absolute Gasteiger partial charge is 0.497 e. The van der Waals surface area contributed by atoms with Gasteiger partial charge in [0.25, 0.3) is 0 Å². The highest BCUT2D eigenvalue weighted by Gasteiger charge is 2.31. The van der Waals surface area contributed by atoms with Crippen LogP contribution in [-0.2, 0) is 11.0 Å². The number of nitrogens with zero attached hydrogens (tertiary/aromatic N) is 1. The molecule has 2 aromatic rings. The summed E-state index contributed by atoms with van der Waals surface area (Å²) in [5.41, 5.74) is 0.585. The SMILES string of the molecule is COc1ccc(OC)c(NC(=O)CNc2cc(C(F)(F)F)ccc2N2CCCC2)c1. The van der Waals surface area contributed by atoms with Crippen molar-refractivity contribution >= 4 is 23.0 Å². The van der Waals surface area contributed by atoms with E-state index in [1.54, 1.807) is 18.2 Å². The predicted molar refractivity (Wildman–Crippen MR) is 110 cm³/mol. The number of ether oxygens (including phenoxy) is 2. The van der Waals surface area contributed by atoms with Crippen LogP contribution in [-0.4, -0.2) is 39.8 Å². The molecule has 0 saturated carbocycles. The molecule has 0 spiro atoms. The second kappa shape index (κ2) is 9.15. The van der Waals surface area contributed by atoms with Gasteiger partial charge in [0.1, 0.15) is 11.5 Å². The standard InChI is InChI=1S/C21H24F3N3O3/c1-29-15-6-8-19(30-2)17(12-15)26-20(28)13-25-16-11-14(21(22,23)24)5-7-18(16)27-9-3-4-10-27/h5-8,11-12,25H,3-4,9-10,13H2,1-2H3,(H,26,28). The highest BCUT2D eigenvalue weighted by Crippen LogP contribution is 2.36. The highest BCUT2D eigenvalue weighted by molar-refractivity contribution is 5.95. The molecule has 0 bridgehead atoms. The summed E-state index contributed by atoms with van der Waals surface area (Å²) >= 11 is 0. The lowest BCUT2D eigenvalue weighted by atomic mass is 10.1. The fourth-order valence-corrected chi connectivity index (χ4v) is 3.37. The molecule has 1 aliphatic heterocycles. The molecule has 162 valence electrons. The van der Waals surface area contributed by atoms with Crippen molar-refractivity contribution in [3.63, 3.8) is 0 Å². The zero-order chi connectivity index (χ0) is 21.7. The predicted octanol–water partition coefficient (Wildman–Crippen LogP) is 4.37. The molecular formula is C21H24F3N3O3. The highest BCUT2D eigenvalue weighted by atomic mass is 19.4. The number of alkyl halides is 3. The van der Waals surface area contributed by atoms with Crippen LogP contribution in [0.15, 0.2) is 36.4 Å². The van der Waals surface area contributed by atoms with E-state index in [9.17, 15) is 18.0 Å². The van der Waals surface area contributed by atoms with E-state index in [1.807, 2.05) is 4.90 Å². The van der Waals surface area contributed by atoms with Gasteiger partial charge in [-0.1, -0.05) is 0 Å². The van der Waals surface area contributed by atoms with Crippen LogP contribution in [0.3, 0.4) is 0 Å². The number of carbonyl (C=O) groups is 1. The van der Waals surface area contributed by atoms with Gasteiger partial charge in [-0.25, -0.2) is 0 Å². The van der Waals surface area contributed by atoms with Crippen molar-refractivity contribution in [3.05, 3.63) is 42.0 Å². The Balaban J connectivity index is 1.76. The van der Waals surface area contributed by atoms with Crippen LogP contribution >= 0.6 is 0 Å². The first-order chi connectivity index (χ1) is 14.3. The first-order valence-corrected chi connectivity index (χ1v) is 9.54. The summed E-state index contributed by atoms with van der Waals surface area (Å²) in [7, 11) is 2.98. The van der Waals surface area contributed by atoms with Gasteiger partial charge in [0.2, 0.25) is 5.91 Å². The summed E-state index contributed by atoms with van der Waals surface area (Å²) in [6, 6.07) is 8.53. The van der Waals surface area contributed by atoms with E-state index in [0.717, 1.165) is 38.1 Å². The molecule has 1 heterocycles. The number of hydrogen-bond donors (Lipinski definition) is 2. The summed E-state index contributed by atoms with van der Waals surface area (Å²) in [4.78, 5) is 14.5. The fraction of sp³-hybridized carbons (Fsp3) is 0.381. The maximum absolute atomic E-state index is 13.2. The van der Waals surface area contributed by atoms with Gasteiger partial charge in [-0.05, 0) is 43.2 Å². The number of carbonyl (C=O) groups excluding carboxylic acids is 1. The van der Waals surface area contributed by atoms with Crippen molar-refractivity contribution in [2.75, 3.05) is 49.4 Å². The number of nitrogens with one attached hydrogen (secondary N) is 2. The molecule has 6 nitrogen and oxygen atoms in total. The van der Waals surface area contributed by atoms with Gasteiger partial charge in [-0.3, -0.25) is 4.79 Å². The van der Waals surface area contributed by atoms with Crippen molar-refractivity contribution in [1.82, 2.24) is 0 Å². The van der Waals surface area contributed by atoms with Crippen molar-refractivity contribution < 1.29 is 27.4 Å². The lowest BCUT2D eigenvalue weighted by Gasteiger charge is -2.23.